The fourth-order valence-corrected chi connectivity index (χ4v) is 4.11. The number of hydrogen-bond donors (Lipinski definition) is 0. The number of furan rings is 1. The topological polar surface area (TPSA) is 31.0 Å². The van der Waals surface area contributed by atoms with Crippen molar-refractivity contribution in [1.29, 1.82) is 0 Å². The zero-order valence-corrected chi connectivity index (χ0v) is 14.8. The van der Waals surface area contributed by atoms with E-state index in [-0.39, 0.29) is 0 Å². The zero-order valence-electron chi connectivity index (χ0n) is 14.8. The van der Waals surface area contributed by atoms with Crippen molar-refractivity contribution in [2.75, 3.05) is 0 Å². The van der Waals surface area contributed by atoms with Crippen molar-refractivity contribution in [2.24, 2.45) is 0 Å². The normalized spacial score (nSPS) is 11.9. The van der Waals surface area contributed by atoms with Crippen LogP contribution in [0.3, 0.4) is 0 Å². The van der Waals surface area contributed by atoms with Crippen LogP contribution in [0.5, 0.6) is 0 Å². The van der Waals surface area contributed by atoms with Gasteiger partial charge in [-0.25, -0.2) is 0 Å². The number of hydrogen-bond acceptors (Lipinski definition) is 2. The third-order valence-corrected chi connectivity index (χ3v) is 5.34. The largest absolute Gasteiger partial charge is 0.456 e. The summed E-state index contributed by atoms with van der Waals surface area (Å²) < 4.78 is 8.40. The second-order valence-corrected chi connectivity index (χ2v) is 7.03. The molecule has 0 radical (unpaired) electrons. The SMILES string of the molecule is Cc1ccc2c(c1)c1ccccc1n2-c1ccc2c(c1)oc1ccncc12. The van der Waals surface area contributed by atoms with Crippen LogP contribution in [0.2, 0.25) is 0 Å². The van der Waals surface area contributed by atoms with Gasteiger partial charge in [-0.2, -0.15) is 0 Å². The van der Waals surface area contributed by atoms with Gasteiger partial charge in [0.15, 0.2) is 0 Å². The first-order valence-electron chi connectivity index (χ1n) is 9.06. The Morgan fingerprint density at radius 2 is 1.63 bits per heavy atom. The van der Waals surface area contributed by atoms with Crippen LogP contribution in [0, 0.1) is 6.92 Å². The van der Waals surface area contributed by atoms with E-state index in [0.717, 1.165) is 27.6 Å². The molecule has 0 amide bonds. The number of fused-ring (bicyclic) bond motifs is 6. The Labute approximate surface area is 155 Å². The van der Waals surface area contributed by atoms with Crippen molar-refractivity contribution >= 4 is 43.7 Å². The van der Waals surface area contributed by atoms with E-state index in [0.29, 0.717) is 0 Å². The summed E-state index contributed by atoms with van der Waals surface area (Å²) in [6, 6.07) is 23.5. The molecule has 0 saturated carbocycles. The first-order valence-corrected chi connectivity index (χ1v) is 9.06. The highest BCUT2D eigenvalue weighted by atomic mass is 16.3. The maximum absolute atomic E-state index is 6.08. The molecule has 3 aromatic carbocycles. The van der Waals surface area contributed by atoms with Crippen molar-refractivity contribution in [1.82, 2.24) is 9.55 Å². The van der Waals surface area contributed by atoms with Gasteiger partial charge < -0.3 is 8.98 Å². The molecule has 3 nitrogen and oxygen atoms in total. The minimum Gasteiger partial charge on any atom is -0.456 e. The molecule has 0 bridgehead atoms. The van der Waals surface area contributed by atoms with Gasteiger partial charge in [0, 0.05) is 45.7 Å². The number of para-hydroxylation sites is 1. The van der Waals surface area contributed by atoms with Gasteiger partial charge in [-0.05, 0) is 43.3 Å². The third-order valence-electron chi connectivity index (χ3n) is 5.34. The van der Waals surface area contributed by atoms with Gasteiger partial charge in [0.05, 0.1) is 11.0 Å². The van der Waals surface area contributed by atoms with E-state index in [1.165, 1.54) is 27.4 Å². The quantitative estimate of drug-likeness (QED) is 0.345. The zero-order chi connectivity index (χ0) is 18.0. The van der Waals surface area contributed by atoms with Crippen molar-refractivity contribution < 1.29 is 4.42 Å². The molecule has 3 heteroatoms. The average Bonchev–Trinajstić information content (AvgIpc) is 3.22. The predicted molar refractivity (Wildman–Crippen MR) is 111 cm³/mol. The molecule has 0 aliphatic heterocycles. The van der Waals surface area contributed by atoms with E-state index in [1.807, 2.05) is 12.3 Å². The van der Waals surface area contributed by atoms with Gasteiger partial charge in [-0.15, -0.1) is 0 Å². The molecule has 3 heterocycles. The molecule has 128 valence electrons. The van der Waals surface area contributed by atoms with Crippen LogP contribution in [0.15, 0.2) is 83.5 Å². The number of pyridine rings is 1. The number of benzene rings is 3. The van der Waals surface area contributed by atoms with E-state index in [1.54, 1.807) is 6.20 Å². The van der Waals surface area contributed by atoms with E-state index in [9.17, 15) is 0 Å². The lowest BCUT2D eigenvalue weighted by Crippen LogP contribution is -1.93. The highest BCUT2D eigenvalue weighted by Crippen LogP contribution is 2.35. The van der Waals surface area contributed by atoms with Crippen molar-refractivity contribution in [2.45, 2.75) is 6.92 Å². The lowest BCUT2D eigenvalue weighted by atomic mass is 10.1. The average molecular weight is 348 g/mol. The third kappa shape index (κ3) is 1.99. The molecule has 0 unspecified atom stereocenters. The lowest BCUT2D eigenvalue weighted by molar-refractivity contribution is 0.668. The minimum absolute atomic E-state index is 0.870. The van der Waals surface area contributed by atoms with Gasteiger partial charge >= 0.3 is 0 Å². The number of aryl methyl sites for hydroxylation is 1. The molecule has 0 N–H and O–H groups in total. The summed E-state index contributed by atoms with van der Waals surface area (Å²) in [5.74, 6) is 0. The molecule has 0 aliphatic rings. The van der Waals surface area contributed by atoms with E-state index >= 15 is 0 Å². The molecule has 0 aliphatic carbocycles. The Kier molecular flexibility index (Phi) is 2.81. The number of aromatic nitrogens is 2. The second kappa shape index (κ2) is 5.21. The molecule has 6 rings (SSSR count). The maximum atomic E-state index is 6.08. The van der Waals surface area contributed by atoms with Crippen molar-refractivity contribution in [3.05, 3.63) is 84.7 Å². The minimum atomic E-state index is 0.870. The molecule has 0 fully saturated rings. The Morgan fingerprint density at radius 1 is 0.741 bits per heavy atom. The van der Waals surface area contributed by atoms with E-state index < -0.39 is 0 Å². The molecule has 0 saturated heterocycles. The second-order valence-electron chi connectivity index (χ2n) is 7.03. The summed E-state index contributed by atoms with van der Waals surface area (Å²) in [4.78, 5) is 4.23. The van der Waals surface area contributed by atoms with Crippen LogP contribution < -0.4 is 0 Å². The number of nitrogens with zero attached hydrogens (tertiary/aromatic N) is 2. The van der Waals surface area contributed by atoms with Crippen LogP contribution >= 0.6 is 0 Å². The first-order chi connectivity index (χ1) is 13.3. The summed E-state index contributed by atoms with van der Waals surface area (Å²) in [7, 11) is 0. The highest BCUT2D eigenvalue weighted by Gasteiger charge is 2.14. The highest BCUT2D eigenvalue weighted by molar-refractivity contribution is 6.10. The Hall–Kier alpha value is -3.59. The van der Waals surface area contributed by atoms with Crippen LogP contribution in [-0.4, -0.2) is 9.55 Å². The summed E-state index contributed by atoms with van der Waals surface area (Å²) >= 11 is 0. The van der Waals surface area contributed by atoms with Gasteiger partial charge in [0.25, 0.3) is 0 Å². The first kappa shape index (κ1) is 14.6. The Morgan fingerprint density at radius 3 is 2.59 bits per heavy atom. The van der Waals surface area contributed by atoms with E-state index in [2.05, 4.69) is 77.1 Å². The maximum Gasteiger partial charge on any atom is 0.138 e. The Balaban J connectivity index is 1.72. The summed E-state index contributed by atoms with van der Waals surface area (Å²) in [5.41, 5.74) is 6.54. The monoisotopic (exact) mass is 348 g/mol. The van der Waals surface area contributed by atoms with Crippen molar-refractivity contribution in [3.8, 4) is 5.69 Å². The van der Waals surface area contributed by atoms with Gasteiger partial charge in [-0.1, -0.05) is 29.8 Å². The standard InChI is InChI=1S/C24H16N2O/c1-15-6-9-22-19(12-15)17-4-2-3-5-21(17)26(22)16-7-8-18-20-14-25-11-10-23(20)27-24(18)13-16/h2-14H,1H3. The van der Waals surface area contributed by atoms with Gasteiger partial charge in [0.1, 0.15) is 11.2 Å². The smallest absolute Gasteiger partial charge is 0.138 e. The summed E-state index contributed by atoms with van der Waals surface area (Å²) in [5, 5.41) is 4.69. The molecule has 0 atom stereocenters. The van der Waals surface area contributed by atoms with Crippen LogP contribution in [0.1, 0.15) is 5.56 Å². The molecular formula is C24H16N2O. The molecular weight excluding hydrogens is 332 g/mol. The van der Waals surface area contributed by atoms with Gasteiger partial charge in [0.2, 0.25) is 0 Å². The summed E-state index contributed by atoms with van der Waals surface area (Å²) in [6.45, 7) is 2.14. The number of rotatable bonds is 1. The van der Waals surface area contributed by atoms with Crippen LogP contribution in [0.4, 0.5) is 0 Å². The molecule has 6 aromatic rings. The lowest BCUT2D eigenvalue weighted by Gasteiger charge is -2.07. The van der Waals surface area contributed by atoms with Crippen LogP contribution in [-0.2, 0) is 0 Å². The van der Waals surface area contributed by atoms with Gasteiger partial charge in [-0.3, -0.25) is 4.98 Å². The predicted octanol–water partition coefficient (Wildman–Crippen LogP) is 6.39. The fraction of sp³-hybridized carbons (Fsp3) is 0.0417. The molecule has 0 spiro atoms. The van der Waals surface area contributed by atoms with Crippen LogP contribution in [0.25, 0.3) is 49.4 Å². The fourth-order valence-electron chi connectivity index (χ4n) is 4.11. The summed E-state index contributed by atoms with van der Waals surface area (Å²) in [6.07, 6.45) is 3.63. The van der Waals surface area contributed by atoms with Crippen molar-refractivity contribution in [3.63, 3.8) is 0 Å². The Bertz CT molecular complexity index is 1490. The molecule has 3 aromatic heterocycles. The molecule has 27 heavy (non-hydrogen) atoms. The van der Waals surface area contributed by atoms with E-state index in [4.69, 9.17) is 4.42 Å².